The first-order valence-electron chi connectivity index (χ1n) is 10.5. The third-order valence-electron chi connectivity index (χ3n) is 6.70. The van der Waals surface area contributed by atoms with Crippen molar-refractivity contribution in [1.82, 2.24) is 9.80 Å². The summed E-state index contributed by atoms with van der Waals surface area (Å²) in [5, 5.41) is 0. The number of amides is 2. The summed E-state index contributed by atoms with van der Waals surface area (Å²) >= 11 is 0. The molecule has 0 bridgehead atoms. The van der Waals surface area contributed by atoms with E-state index in [1.165, 1.54) is 0 Å². The van der Waals surface area contributed by atoms with Crippen LogP contribution >= 0.6 is 0 Å². The van der Waals surface area contributed by atoms with Crippen molar-refractivity contribution in [2.24, 2.45) is 0 Å². The standard InChI is InChI=1S/C21H21F7N2O3/c22-19(20(23,24)25,21(26,27)28)8-5-16(31)29-9-6-13(7-10-29)30-17-14-4-2-1-3-12(14)11-15(17)33-18(30)32/h1-4,13,15,17H,5-11H2. The van der Waals surface area contributed by atoms with E-state index in [9.17, 15) is 40.3 Å². The van der Waals surface area contributed by atoms with Crippen LogP contribution in [0.25, 0.3) is 0 Å². The van der Waals surface area contributed by atoms with Gasteiger partial charge in [0.15, 0.2) is 0 Å². The number of halogens is 7. The fourth-order valence-corrected chi connectivity index (χ4v) is 4.93. The fraction of sp³-hybridized carbons (Fsp3) is 0.619. The van der Waals surface area contributed by atoms with Gasteiger partial charge in [-0.2, -0.15) is 26.3 Å². The molecule has 1 aliphatic carbocycles. The highest BCUT2D eigenvalue weighted by molar-refractivity contribution is 5.76. The molecular weight excluding hydrogens is 461 g/mol. The van der Waals surface area contributed by atoms with Gasteiger partial charge in [0, 0.05) is 38.4 Å². The molecule has 2 atom stereocenters. The molecule has 5 nitrogen and oxygen atoms in total. The number of benzene rings is 1. The van der Waals surface area contributed by atoms with Crippen LogP contribution in [0.5, 0.6) is 0 Å². The largest absolute Gasteiger partial charge is 0.443 e. The van der Waals surface area contributed by atoms with Gasteiger partial charge in [-0.15, -0.1) is 0 Å². The molecule has 2 heterocycles. The molecule has 0 spiro atoms. The number of alkyl halides is 7. The average Bonchev–Trinajstić information content (AvgIpc) is 3.24. The third kappa shape index (κ3) is 4.01. The van der Waals surface area contributed by atoms with Crippen molar-refractivity contribution in [2.45, 2.75) is 68.3 Å². The van der Waals surface area contributed by atoms with Gasteiger partial charge < -0.3 is 9.64 Å². The molecule has 3 aliphatic rings. The Hall–Kier alpha value is -2.53. The molecule has 2 amide bonds. The van der Waals surface area contributed by atoms with Crippen LogP contribution in [0, 0.1) is 0 Å². The van der Waals surface area contributed by atoms with Crippen molar-refractivity contribution < 1.29 is 45.1 Å². The van der Waals surface area contributed by atoms with E-state index in [-0.39, 0.29) is 44.1 Å². The third-order valence-corrected chi connectivity index (χ3v) is 6.70. The molecule has 0 N–H and O–H groups in total. The summed E-state index contributed by atoms with van der Waals surface area (Å²) in [5.41, 5.74) is -3.40. The first kappa shape index (κ1) is 23.6. The Morgan fingerprint density at radius 2 is 1.61 bits per heavy atom. The molecule has 0 saturated carbocycles. The highest BCUT2D eigenvalue weighted by Crippen LogP contribution is 2.49. The molecule has 182 valence electrons. The van der Waals surface area contributed by atoms with Gasteiger partial charge in [0.25, 0.3) is 5.67 Å². The Labute approximate surface area is 184 Å². The number of ether oxygens (including phenoxy) is 1. The van der Waals surface area contributed by atoms with Crippen molar-refractivity contribution in [1.29, 1.82) is 0 Å². The van der Waals surface area contributed by atoms with Gasteiger partial charge in [-0.05, 0) is 24.0 Å². The van der Waals surface area contributed by atoms with Gasteiger partial charge in [-0.3, -0.25) is 9.69 Å². The van der Waals surface area contributed by atoms with Crippen LogP contribution in [0.3, 0.4) is 0 Å². The molecule has 2 unspecified atom stereocenters. The molecule has 1 aromatic carbocycles. The van der Waals surface area contributed by atoms with E-state index in [0.717, 1.165) is 16.0 Å². The van der Waals surface area contributed by atoms with Gasteiger partial charge in [0.2, 0.25) is 5.91 Å². The summed E-state index contributed by atoms with van der Waals surface area (Å²) < 4.78 is 95.5. The number of piperidine rings is 1. The summed E-state index contributed by atoms with van der Waals surface area (Å²) in [7, 11) is 0. The molecule has 4 rings (SSSR count). The van der Waals surface area contributed by atoms with Crippen LogP contribution in [-0.2, 0) is 16.0 Å². The van der Waals surface area contributed by atoms with E-state index in [1.807, 2.05) is 24.3 Å². The molecule has 2 saturated heterocycles. The summed E-state index contributed by atoms with van der Waals surface area (Å²) in [5.74, 6) is -0.989. The maximum Gasteiger partial charge on any atom is 0.431 e. The van der Waals surface area contributed by atoms with E-state index >= 15 is 0 Å². The van der Waals surface area contributed by atoms with Crippen molar-refractivity contribution in [3.05, 3.63) is 35.4 Å². The van der Waals surface area contributed by atoms with Crippen LogP contribution in [-0.4, -0.2) is 65.1 Å². The first-order chi connectivity index (χ1) is 15.3. The maximum atomic E-state index is 13.8. The van der Waals surface area contributed by atoms with Gasteiger partial charge in [-0.1, -0.05) is 24.3 Å². The van der Waals surface area contributed by atoms with Crippen LogP contribution in [0.1, 0.15) is 42.9 Å². The van der Waals surface area contributed by atoms with Crippen LogP contribution in [0.4, 0.5) is 35.5 Å². The quantitative estimate of drug-likeness (QED) is 0.585. The van der Waals surface area contributed by atoms with Crippen molar-refractivity contribution in [3.8, 4) is 0 Å². The minimum atomic E-state index is -6.18. The summed E-state index contributed by atoms with van der Waals surface area (Å²) in [6.07, 6.45) is -15.3. The van der Waals surface area contributed by atoms with E-state index < -0.39 is 42.9 Å². The van der Waals surface area contributed by atoms with Crippen molar-refractivity contribution in [3.63, 3.8) is 0 Å². The molecule has 2 aliphatic heterocycles. The molecule has 12 heteroatoms. The van der Waals surface area contributed by atoms with E-state index in [1.54, 1.807) is 4.90 Å². The second-order valence-corrected chi connectivity index (χ2v) is 8.59. The lowest BCUT2D eigenvalue weighted by atomic mass is 9.96. The summed E-state index contributed by atoms with van der Waals surface area (Å²) in [6.45, 7) is 0.0628. The molecule has 1 aromatic rings. The Morgan fingerprint density at radius 3 is 2.21 bits per heavy atom. The normalized spacial score (nSPS) is 24.0. The maximum absolute atomic E-state index is 13.8. The lowest BCUT2D eigenvalue weighted by Crippen LogP contribution is -2.54. The monoisotopic (exact) mass is 482 g/mol. The zero-order valence-corrected chi connectivity index (χ0v) is 17.3. The first-order valence-corrected chi connectivity index (χ1v) is 10.5. The van der Waals surface area contributed by atoms with Gasteiger partial charge in [0.05, 0.1) is 6.04 Å². The topological polar surface area (TPSA) is 49.9 Å². The SMILES string of the molecule is O=C(CCC(F)(C(F)(F)F)C(F)(F)F)N1CCC(N2C(=O)OC3Cc4ccccc4C32)CC1. The zero-order chi connectivity index (χ0) is 24.2. The van der Waals surface area contributed by atoms with Crippen LogP contribution < -0.4 is 0 Å². The Morgan fingerprint density at radius 1 is 1.00 bits per heavy atom. The zero-order valence-electron chi connectivity index (χ0n) is 17.3. The number of hydrogen-bond acceptors (Lipinski definition) is 3. The van der Waals surface area contributed by atoms with Crippen molar-refractivity contribution >= 4 is 12.0 Å². The lowest BCUT2D eigenvalue weighted by molar-refractivity contribution is -0.343. The Bertz CT molecular complexity index is 911. The summed E-state index contributed by atoms with van der Waals surface area (Å²) in [4.78, 5) is 27.5. The number of nitrogens with zero attached hydrogens (tertiary/aromatic N) is 2. The number of rotatable bonds is 4. The number of fused-ring (bicyclic) bond motifs is 3. The minimum absolute atomic E-state index is 0.0314. The highest BCUT2D eigenvalue weighted by Gasteiger charge is 2.72. The minimum Gasteiger partial charge on any atom is -0.443 e. The molecule has 2 fully saturated rings. The van der Waals surface area contributed by atoms with Crippen molar-refractivity contribution in [2.75, 3.05) is 13.1 Å². The second-order valence-electron chi connectivity index (χ2n) is 8.59. The van der Waals surface area contributed by atoms with E-state index in [0.29, 0.717) is 6.42 Å². The number of carbonyl (C=O) groups is 2. The van der Waals surface area contributed by atoms with Crippen LogP contribution in [0.2, 0.25) is 0 Å². The van der Waals surface area contributed by atoms with Crippen LogP contribution in [0.15, 0.2) is 24.3 Å². The smallest absolute Gasteiger partial charge is 0.431 e. The summed E-state index contributed by atoms with van der Waals surface area (Å²) in [6, 6.07) is 7.04. The highest BCUT2D eigenvalue weighted by atomic mass is 19.4. The van der Waals surface area contributed by atoms with Gasteiger partial charge in [-0.25, -0.2) is 9.18 Å². The Kier molecular flexibility index (Phi) is 5.76. The molecule has 0 aromatic heterocycles. The predicted octanol–water partition coefficient (Wildman–Crippen LogP) is 4.71. The van der Waals surface area contributed by atoms with Gasteiger partial charge in [0.1, 0.15) is 6.10 Å². The number of likely N-dealkylation sites (tertiary alicyclic amines) is 1. The second kappa shape index (κ2) is 8.05. The van der Waals surface area contributed by atoms with Gasteiger partial charge >= 0.3 is 18.4 Å². The lowest BCUT2D eigenvalue weighted by Gasteiger charge is -2.38. The fourth-order valence-electron chi connectivity index (χ4n) is 4.93. The number of hydrogen-bond donors (Lipinski definition) is 0. The molecule has 33 heavy (non-hydrogen) atoms. The van der Waals surface area contributed by atoms with E-state index in [4.69, 9.17) is 4.74 Å². The predicted molar refractivity (Wildman–Crippen MR) is 99.8 cm³/mol. The Balaban J connectivity index is 1.37. The molecular formula is C21H21F7N2O3. The average molecular weight is 482 g/mol. The number of carbonyl (C=O) groups excluding carboxylic acids is 2. The molecule has 0 radical (unpaired) electrons. The van der Waals surface area contributed by atoms with E-state index in [2.05, 4.69) is 0 Å².